The maximum atomic E-state index is 11.8. The Morgan fingerprint density at radius 1 is 1.15 bits per heavy atom. The van der Waals surface area contributed by atoms with Crippen LogP contribution in [-0.2, 0) is 9.53 Å². The number of rotatable bonds is 2. The largest absolute Gasteiger partial charge is 0.402 e. The average molecular weight is 291 g/mol. The normalized spacial score (nSPS) is 21.1. The molecule has 5 heteroatoms. The summed E-state index contributed by atoms with van der Waals surface area (Å²) < 4.78 is 5.21. The van der Waals surface area contributed by atoms with Gasteiger partial charge in [0.15, 0.2) is 5.70 Å². The van der Waals surface area contributed by atoms with Gasteiger partial charge < -0.3 is 9.64 Å². The first-order valence-corrected chi connectivity index (χ1v) is 7.13. The molecule has 0 aliphatic carbocycles. The summed E-state index contributed by atoms with van der Waals surface area (Å²) in [5.74, 6) is -0.0459. The van der Waals surface area contributed by atoms with Crippen LogP contribution in [0.4, 0.5) is 0 Å². The summed E-state index contributed by atoms with van der Waals surface area (Å²) in [7, 11) is 0. The number of hydrogen-bond acceptors (Lipinski definition) is 4. The maximum absolute atomic E-state index is 11.8. The van der Waals surface area contributed by atoms with E-state index >= 15 is 0 Å². The Morgan fingerprint density at radius 3 is 2.55 bits per heavy atom. The third-order valence-corrected chi connectivity index (χ3v) is 3.66. The molecule has 0 saturated carbocycles. The number of likely N-dealkylation sites (tertiary alicyclic amines) is 1. The van der Waals surface area contributed by atoms with Crippen molar-refractivity contribution in [2.24, 2.45) is 4.99 Å². The molecule has 3 rings (SSSR count). The van der Waals surface area contributed by atoms with Crippen LogP contribution in [-0.4, -0.2) is 29.9 Å². The van der Waals surface area contributed by atoms with Crippen molar-refractivity contribution < 1.29 is 9.53 Å². The fourth-order valence-corrected chi connectivity index (χ4v) is 2.46. The van der Waals surface area contributed by atoms with E-state index in [-0.39, 0.29) is 5.97 Å². The number of aliphatic imine (C=N–C) groups is 1. The molecule has 0 aromatic heterocycles. The zero-order valence-electron chi connectivity index (χ0n) is 11.0. The summed E-state index contributed by atoms with van der Waals surface area (Å²) in [4.78, 5) is 18.3. The molecular formula is C15H15ClN2O2. The number of nitrogens with zero attached hydrogens (tertiary/aromatic N) is 2. The minimum absolute atomic E-state index is 0.343. The number of esters is 1. The molecule has 0 bridgehead atoms. The van der Waals surface area contributed by atoms with Crippen molar-refractivity contribution >= 4 is 23.5 Å². The molecule has 2 heterocycles. The smallest absolute Gasteiger partial charge is 0.365 e. The Kier molecular flexibility index (Phi) is 3.74. The van der Waals surface area contributed by atoms with E-state index in [9.17, 15) is 4.79 Å². The Hall–Kier alpha value is -1.81. The molecule has 0 amide bonds. The van der Waals surface area contributed by atoms with E-state index in [1.165, 1.54) is 6.42 Å². The van der Waals surface area contributed by atoms with Crippen molar-refractivity contribution in [3.8, 4) is 0 Å². The molecule has 1 fully saturated rings. The van der Waals surface area contributed by atoms with E-state index in [0.29, 0.717) is 16.6 Å². The van der Waals surface area contributed by atoms with Gasteiger partial charge in [-0.3, -0.25) is 0 Å². The zero-order valence-corrected chi connectivity index (χ0v) is 11.8. The first-order valence-electron chi connectivity index (χ1n) is 6.75. The molecule has 1 saturated heterocycles. The molecule has 1 aromatic rings. The summed E-state index contributed by atoms with van der Waals surface area (Å²) in [6.45, 7) is 1.95. The van der Waals surface area contributed by atoms with Crippen molar-refractivity contribution in [1.29, 1.82) is 0 Å². The molecule has 0 unspecified atom stereocenters. The van der Waals surface area contributed by atoms with Gasteiger partial charge in [-0.25, -0.2) is 9.79 Å². The quantitative estimate of drug-likeness (QED) is 0.621. The van der Waals surface area contributed by atoms with Gasteiger partial charge in [0, 0.05) is 29.9 Å². The molecule has 20 heavy (non-hydrogen) atoms. The van der Waals surface area contributed by atoms with Gasteiger partial charge in [-0.2, -0.15) is 0 Å². The minimum atomic E-state index is -0.388. The van der Waals surface area contributed by atoms with Gasteiger partial charge in [0.25, 0.3) is 0 Å². The van der Waals surface area contributed by atoms with Gasteiger partial charge in [-0.05, 0) is 43.5 Å². The van der Waals surface area contributed by atoms with E-state index in [1.807, 2.05) is 6.20 Å². The van der Waals surface area contributed by atoms with Crippen LogP contribution in [0, 0.1) is 0 Å². The van der Waals surface area contributed by atoms with Crippen molar-refractivity contribution in [2.45, 2.75) is 19.3 Å². The van der Waals surface area contributed by atoms with Crippen LogP contribution >= 0.6 is 11.6 Å². The summed E-state index contributed by atoms with van der Waals surface area (Å²) in [5.41, 5.74) is 1.13. The number of cyclic esters (lactones) is 1. The Balaban J connectivity index is 1.80. The summed E-state index contributed by atoms with van der Waals surface area (Å²) in [5, 5.41) is 0.641. The molecule has 0 N–H and O–H groups in total. The Bertz CT molecular complexity index is 572. The summed E-state index contributed by atoms with van der Waals surface area (Å²) >= 11 is 5.84. The maximum Gasteiger partial charge on any atom is 0.365 e. The van der Waals surface area contributed by atoms with Crippen LogP contribution < -0.4 is 0 Å². The van der Waals surface area contributed by atoms with E-state index < -0.39 is 0 Å². The van der Waals surface area contributed by atoms with Crippen molar-refractivity contribution in [2.75, 3.05) is 13.1 Å². The highest BCUT2D eigenvalue weighted by atomic mass is 35.5. The van der Waals surface area contributed by atoms with E-state index in [4.69, 9.17) is 16.3 Å². The Labute approximate surface area is 122 Å². The number of hydrogen-bond donors (Lipinski definition) is 0. The first-order chi connectivity index (χ1) is 9.72. The standard InChI is InChI=1S/C15H15ClN2O2/c16-12-6-4-11(5-7-12)14-17-13(15(19)20-14)10-18-8-2-1-3-9-18/h4-7,10H,1-3,8-9H2/b13-10-. The van der Waals surface area contributed by atoms with Gasteiger partial charge in [-0.15, -0.1) is 0 Å². The van der Waals surface area contributed by atoms with Crippen LogP contribution in [0.1, 0.15) is 24.8 Å². The number of benzene rings is 1. The number of piperidine rings is 1. The third kappa shape index (κ3) is 2.85. The second-order valence-electron chi connectivity index (χ2n) is 4.92. The molecule has 104 valence electrons. The molecule has 0 radical (unpaired) electrons. The predicted octanol–water partition coefficient (Wildman–Crippen LogP) is 2.97. The summed E-state index contributed by atoms with van der Waals surface area (Å²) in [6, 6.07) is 7.08. The van der Waals surface area contributed by atoms with Crippen LogP contribution in [0.15, 0.2) is 41.2 Å². The van der Waals surface area contributed by atoms with E-state index in [0.717, 1.165) is 31.5 Å². The lowest BCUT2D eigenvalue weighted by Gasteiger charge is -2.24. The predicted molar refractivity (Wildman–Crippen MR) is 77.6 cm³/mol. The van der Waals surface area contributed by atoms with E-state index in [1.54, 1.807) is 24.3 Å². The highest BCUT2D eigenvalue weighted by Gasteiger charge is 2.25. The van der Waals surface area contributed by atoms with Crippen LogP contribution in [0.25, 0.3) is 0 Å². The van der Waals surface area contributed by atoms with Crippen LogP contribution in [0.2, 0.25) is 5.02 Å². The second kappa shape index (κ2) is 5.67. The Morgan fingerprint density at radius 2 is 1.85 bits per heavy atom. The van der Waals surface area contributed by atoms with Crippen LogP contribution in [0.5, 0.6) is 0 Å². The van der Waals surface area contributed by atoms with Crippen LogP contribution in [0.3, 0.4) is 0 Å². The lowest BCUT2D eigenvalue weighted by atomic mass is 10.1. The fourth-order valence-electron chi connectivity index (χ4n) is 2.34. The average Bonchev–Trinajstić information content (AvgIpc) is 2.82. The lowest BCUT2D eigenvalue weighted by molar-refractivity contribution is -0.130. The molecule has 2 aliphatic heterocycles. The molecule has 1 aromatic carbocycles. The zero-order chi connectivity index (χ0) is 13.9. The molecule has 0 spiro atoms. The van der Waals surface area contributed by atoms with E-state index in [2.05, 4.69) is 9.89 Å². The number of carbonyl (C=O) groups is 1. The van der Waals surface area contributed by atoms with Gasteiger partial charge >= 0.3 is 5.97 Å². The molecule has 0 atom stereocenters. The van der Waals surface area contributed by atoms with Crippen molar-refractivity contribution in [3.05, 3.63) is 46.7 Å². The number of ether oxygens (including phenoxy) is 1. The highest BCUT2D eigenvalue weighted by Crippen LogP contribution is 2.19. The monoisotopic (exact) mass is 290 g/mol. The van der Waals surface area contributed by atoms with Gasteiger partial charge in [0.05, 0.1) is 0 Å². The number of halogens is 1. The van der Waals surface area contributed by atoms with Gasteiger partial charge in [0.2, 0.25) is 5.90 Å². The SMILES string of the molecule is O=C1OC(c2ccc(Cl)cc2)=N/C1=C\N1CCCCC1. The minimum Gasteiger partial charge on any atom is -0.402 e. The summed E-state index contributed by atoms with van der Waals surface area (Å²) in [6.07, 6.45) is 5.38. The van der Waals surface area contributed by atoms with Gasteiger partial charge in [-0.1, -0.05) is 11.6 Å². The lowest BCUT2D eigenvalue weighted by Crippen LogP contribution is -2.25. The molecular weight excluding hydrogens is 276 g/mol. The third-order valence-electron chi connectivity index (χ3n) is 3.41. The first kappa shape index (κ1) is 13.2. The topological polar surface area (TPSA) is 41.9 Å². The molecule has 2 aliphatic rings. The molecule has 4 nitrogen and oxygen atoms in total. The second-order valence-corrected chi connectivity index (χ2v) is 5.36. The van der Waals surface area contributed by atoms with Gasteiger partial charge in [0.1, 0.15) is 0 Å². The van der Waals surface area contributed by atoms with Crippen molar-refractivity contribution in [1.82, 2.24) is 4.90 Å². The highest BCUT2D eigenvalue weighted by molar-refractivity contribution is 6.30. The fraction of sp³-hybridized carbons (Fsp3) is 0.333. The van der Waals surface area contributed by atoms with Crippen molar-refractivity contribution in [3.63, 3.8) is 0 Å². The number of carbonyl (C=O) groups excluding carboxylic acids is 1.